The van der Waals surface area contributed by atoms with E-state index in [1.807, 2.05) is 33.8 Å². The minimum absolute atomic E-state index is 0.214. The molecular weight excluding hydrogens is 418 g/mol. The number of fused-ring (bicyclic) bond motifs is 2. The number of nitrogens with zero attached hydrogens (tertiary/aromatic N) is 3. The molecule has 1 saturated carbocycles. The maximum Gasteiger partial charge on any atom is 0.340 e. The summed E-state index contributed by atoms with van der Waals surface area (Å²) in [7, 11) is 0. The van der Waals surface area contributed by atoms with Gasteiger partial charge >= 0.3 is 5.97 Å². The number of pyridine rings is 3. The second-order valence-corrected chi connectivity index (χ2v) is 10.1. The molecule has 0 aromatic carbocycles. The van der Waals surface area contributed by atoms with E-state index < -0.39 is 11.1 Å². The maximum absolute atomic E-state index is 12.3. The van der Waals surface area contributed by atoms with Crippen LogP contribution in [0.15, 0.2) is 30.6 Å². The van der Waals surface area contributed by atoms with Gasteiger partial charge in [-0.3, -0.25) is 0 Å². The smallest absolute Gasteiger partial charge is 0.340 e. The molecule has 0 saturated heterocycles. The van der Waals surface area contributed by atoms with Crippen molar-refractivity contribution in [1.29, 1.82) is 0 Å². The van der Waals surface area contributed by atoms with Crippen LogP contribution in [-0.2, 0) is 16.7 Å². The van der Waals surface area contributed by atoms with Gasteiger partial charge in [-0.25, -0.2) is 19.7 Å². The zero-order valence-corrected chi connectivity index (χ0v) is 19.4. The molecule has 3 N–H and O–H groups in total. The summed E-state index contributed by atoms with van der Waals surface area (Å²) in [5, 5.41) is 5.05. The molecule has 8 nitrogen and oxygen atoms in total. The van der Waals surface area contributed by atoms with Crippen molar-refractivity contribution in [3.05, 3.63) is 47.4 Å². The number of cyclic esters (lactones) is 1. The van der Waals surface area contributed by atoms with Crippen LogP contribution in [0, 0.1) is 0 Å². The first kappa shape index (κ1) is 21.6. The summed E-state index contributed by atoms with van der Waals surface area (Å²) in [5.74, 6) is 1.48. The molecule has 0 atom stereocenters. The van der Waals surface area contributed by atoms with Crippen LogP contribution < -0.4 is 15.8 Å². The number of hydrogen-bond donors (Lipinski definition) is 2. The van der Waals surface area contributed by atoms with Crippen molar-refractivity contribution in [2.75, 3.05) is 5.32 Å². The molecule has 1 aliphatic heterocycles. The molecule has 172 valence electrons. The Labute approximate surface area is 192 Å². The van der Waals surface area contributed by atoms with E-state index >= 15 is 0 Å². The monoisotopic (exact) mass is 447 g/mol. The lowest BCUT2D eigenvalue weighted by Crippen LogP contribution is -2.36. The molecular formula is C25H29N5O3. The van der Waals surface area contributed by atoms with Crippen LogP contribution in [-0.4, -0.2) is 32.6 Å². The van der Waals surface area contributed by atoms with E-state index in [1.165, 1.54) is 6.42 Å². The lowest BCUT2D eigenvalue weighted by Gasteiger charge is -2.30. The SMILES string of the molecule is CC1(C)Cc2nc(Nc3cc4c(C(C)(C)N)cnc(OC5CCC5)c4cn3)ccc2C(=O)O1. The van der Waals surface area contributed by atoms with Gasteiger partial charge in [0.05, 0.1) is 16.6 Å². The number of aromatic nitrogens is 3. The summed E-state index contributed by atoms with van der Waals surface area (Å²) in [6.45, 7) is 7.67. The van der Waals surface area contributed by atoms with Crippen LogP contribution in [0.5, 0.6) is 5.88 Å². The van der Waals surface area contributed by atoms with Crippen molar-refractivity contribution in [3.63, 3.8) is 0 Å². The highest BCUT2D eigenvalue weighted by Gasteiger charge is 2.33. The van der Waals surface area contributed by atoms with E-state index in [4.69, 9.17) is 15.2 Å². The molecule has 3 aromatic rings. The first-order valence-electron chi connectivity index (χ1n) is 11.3. The molecule has 5 rings (SSSR count). The number of carbonyl (C=O) groups excluding carboxylic acids is 1. The summed E-state index contributed by atoms with van der Waals surface area (Å²) in [6.07, 6.45) is 7.62. The maximum atomic E-state index is 12.3. The van der Waals surface area contributed by atoms with Gasteiger partial charge in [-0.2, -0.15) is 0 Å². The molecule has 33 heavy (non-hydrogen) atoms. The van der Waals surface area contributed by atoms with E-state index in [9.17, 15) is 4.79 Å². The molecule has 3 aromatic heterocycles. The van der Waals surface area contributed by atoms with E-state index in [-0.39, 0.29) is 12.1 Å². The zero-order chi connectivity index (χ0) is 23.4. The summed E-state index contributed by atoms with van der Waals surface area (Å²) in [4.78, 5) is 26.1. The Balaban J connectivity index is 1.51. The van der Waals surface area contributed by atoms with Gasteiger partial charge < -0.3 is 20.5 Å². The molecule has 8 heteroatoms. The predicted octanol–water partition coefficient (Wildman–Crippen LogP) is 4.39. The molecule has 0 amide bonds. The fourth-order valence-electron chi connectivity index (χ4n) is 4.20. The average molecular weight is 448 g/mol. The number of carbonyl (C=O) groups is 1. The standard InChI is InChI=1S/C25H29N5O3/c1-24(2)11-19-15(23(31)33-24)8-9-20(29-19)30-21-10-16-17(12-27-21)22(32-14-6-5-7-14)28-13-18(16)25(3,4)26/h8-10,12-14H,5-7,11,26H2,1-4H3,(H,27,29,30). The Kier molecular flexibility index (Phi) is 5.01. The Morgan fingerprint density at radius 2 is 1.94 bits per heavy atom. The fourth-order valence-corrected chi connectivity index (χ4v) is 4.20. The Morgan fingerprint density at radius 1 is 1.15 bits per heavy atom. The van der Waals surface area contributed by atoms with Crippen LogP contribution in [0.3, 0.4) is 0 Å². The summed E-state index contributed by atoms with van der Waals surface area (Å²) >= 11 is 0. The van der Waals surface area contributed by atoms with Gasteiger partial charge in [-0.05, 0) is 76.1 Å². The number of nitrogens with one attached hydrogen (secondary N) is 1. The number of esters is 1. The third kappa shape index (κ3) is 4.23. The second-order valence-electron chi connectivity index (χ2n) is 10.1. The highest BCUT2D eigenvalue weighted by molar-refractivity contribution is 5.93. The third-order valence-electron chi connectivity index (χ3n) is 6.17. The van der Waals surface area contributed by atoms with Crippen molar-refractivity contribution < 1.29 is 14.3 Å². The molecule has 0 spiro atoms. The van der Waals surface area contributed by atoms with Crippen molar-refractivity contribution in [2.45, 2.75) is 70.6 Å². The van der Waals surface area contributed by atoms with Gasteiger partial charge in [-0.1, -0.05) is 0 Å². The van der Waals surface area contributed by atoms with Gasteiger partial charge in [0.1, 0.15) is 23.3 Å². The highest BCUT2D eigenvalue weighted by Crippen LogP contribution is 2.35. The predicted molar refractivity (Wildman–Crippen MR) is 126 cm³/mol. The van der Waals surface area contributed by atoms with Crippen molar-refractivity contribution in [1.82, 2.24) is 15.0 Å². The molecule has 0 bridgehead atoms. The normalized spacial score (nSPS) is 17.8. The summed E-state index contributed by atoms with van der Waals surface area (Å²) < 4.78 is 11.6. The average Bonchev–Trinajstić information content (AvgIpc) is 2.68. The highest BCUT2D eigenvalue weighted by atomic mass is 16.6. The second kappa shape index (κ2) is 7.66. The molecule has 1 fully saturated rings. The van der Waals surface area contributed by atoms with Crippen molar-refractivity contribution in [2.24, 2.45) is 5.73 Å². The number of hydrogen-bond acceptors (Lipinski definition) is 8. The topological polar surface area (TPSA) is 112 Å². The molecule has 4 heterocycles. The minimum Gasteiger partial charge on any atom is -0.474 e. The number of ether oxygens (including phenoxy) is 2. The van der Waals surface area contributed by atoms with Crippen molar-refractivity contribution in [3.8, 4) is 5.88 Å². The van der Waals surface area contributed by atoms with Gasteiger partial charge in [0.25, 0.3) is 0 Å². The Morgan fingerprint density at radius 3 is 2.64 bits per heavy atom. The summed E-state index contributed by atoms with van der Waals surface area (Å²) in [6, 6.07) is 5.45. The zero-order valence-electron chi connectivity index (χ0n) is 19.4. The Hall–Kier alpha value is -3.26. The fraction of sp³-hybridized carbons (Fsp3) is 0.440. The van der Waals surface area contributed by atoms with Gasteiger partial charge in [-0.15, -0.1) is 0 Å². The van der Waals surface area contributed by atoms with E-state index in [2.05, 4.69) is 20.3 Å². The van der Waals surface area contributed by atoms with Gasteiger partial charge in [0.15, 0.2) is 0 Å². The Bertz CT molecular complexity index is 1240. The number of anilines is 2. The van der Waals surface area contributed by atoms with Crippen LogP contribution in [0.2, 0.25) is 0 Å². The quantitative estimate of drug-likeness (QED) is 0.554. The van der Waals surface area contributed by atoms with Crippen LogP contribution in [0.1, 0.15) is 68.6 Å². The molecule has 2 aliphatic rings. The number of rotatable bonds is 5. The largest absolute Gasteiger partial charge is 0.474 e. The van der Waals surface area contributed by atoms with Gasteiger partial charge in [0.2, 0.25) is 5.88 Å². The van der Waals surface area contributed by atoms with Crippen LogP contribution >= 0.6 is 0 Å². The van der Waals surface area contributed by atoms with Crippen LogP contribution in [0.25, 0.3) is 10.8 Å². The molecule has 0 unspecified atom stereocenters. The lowest BCUT2D eigenvalue weighted by molar-refractivity contribution is -0.00714. The van der Waals surface area contributed by atoms with Gasteiger partial charge in [0, 0.05) is 24.4 Å². The summed E-state index contributed by atoms with van der Waals surface area (Å²) in [5.41, 5.74) is 7.41. The molecule has 1 aliphatic carbocycles. The van der Waals surface area contributed by atoms with Crippen LogP contribution in [0.4, 0.5) is 11.6 Å². The van der Waals surface area contributed by atoms with E-state index in [1.54, 1.807) is 24.5 Å². The van der Waals surface area contributed by atoms with Crippen molar-refractivity contribution >= 4 is 28.4 Å². The van der Waals surface area contributed by atoms with E-state index in [0.717, 1.165) is 29.2 Å². The number of nitrogens with two attached hydrogens (primary N) is 1. The van der Waals surface area contributed by atoms with E-state index in [0.29, 0.717) is 35.2 Å². The first-order valence-corrected chi connectivity index (χ1v) is 11.3. The minimum atomic E-state index is -0.588. The third-order valence-corrected chi connectivity index (χ3v) is 6.17. The lowest BCUT2D eigenvalue weighted by atomic mass is 9.92. The first-order chi connectivity index (χ1) is 15.6. The molecule has 0 radical (unpaired) electrons.